The van der Waals surface area contributed by atoms with E-state index in [1.54, 1.807) is 6.07 Å². The molecule has 164 valence electrons. The van der Waals surface area contributed by atoms with Gasteiger partial charge in [-0.2, -0.15) is 0 Å². The molecule has 13 heteroatoms. The molecule has 0 aliphatic carbocycles. The monoisotopic (exact) mass is 514 g/mol. The van der Waals surface area contributed by atoms with Crippen LogP contribution in [0.25, 0.3) is 0 Å². The summed E-state index contributed by atoms with van der Waals surface area (Å²) in [5.41, 5.74) is -1.40. The molecule has 2 N–H and O–H groups in total. The molecule has 0 bridgehead atoms. The number of aliphatic hydroxyl groups excluding tert-OH is 1. The Morgan fingerprint density at radius 1 is 1.40 bits per heavy atom. The molecule has 30 heavy (non-hydrogen) atoms. The second-order valence-corrected chi connectivity index (χ2v) is 10.9. The normalized spacial score (nSPS) is 25.8. The van der Waals surface area contributed by atoms with Crippen molar-refractivity contribution in [2.75, 3.05) is 20.3 Å². The summed E-state index contributed by atoms with van der Waals surface area (Å²) in [7, 11) is 1.29. The molecule has 0 spiro atoms. The van der Waals surface area contributed by atoms with E-state index in [4.69, 9.17) is 44.3 Å². The summed E-state index contributed by atoms with van der Waals surface area (Å²) in [4.78, 5) is 40.2. The average molecular weight is 516 g/mol. The number of nitrogens with zero attached hydrogens (tertiary/aromatic N) is 1. The number of carbonyl (C=O) groups is 3. The molecule has 2 amide bonds. The molecule has 2 aliphatic heterocycles. The minimum atomic E-state index is -1.83. The van der Waals surface area contributed by atoms with Gasteiger partial charge in [0.25, 0.3) is 11.6 Å². The van der Waals surface area contributed by atoms with E-state index in [1.165, 1.54) is 28.8 Å². The Bertz CT molecular complexity index is 860. The number of thioether (sulfide) groups is 1. The summed E-state index contributed by atoms with van der Waals surface area (Å²) >= 11 is 19.4. The number of β-lactam (4-membered cyclic amide) rings is 1. The Balaban J connectivity index is 1.78. The van der Waals surface area contributed by atoms with Crippen molar-refractivity contribution in [2.24, 2.45) is 0 Å². The van der Waals surface area contributed by atoms with Crippen molar-refractivity contribution >= 4 is 75.7 Å². The summed E-state index contributed by atoms with van der Waals surface area (Å²) in [6.07, 6.45) is 0.0832. The third-order valence-electron chi connectivity index (χ3n) is 4.48. The van der Waals surface area contributed by atoms with E-state index in [2.05, 4.69) is 5.32 Å². The number of rotatable bonds is 7. The zero-order valence-electron chi connectivity index (χ0n) is 15.5. The fraction of sp³-hybridized carbons (Fsp3) is 0.471. The van der Waals surface area contributed by atoms with Gasteiger partial charge in [0.15, 0.2) is 6.04 Å². The van der Waals surface area contributed by atoms with Crippen molar-refractivity contribution in [3.8, 4) is 0 Å². The average Bonchev–Trinajstić information content (AvgIpc) is 3.21. The van der Waals surface area contributed by atoms with Gasteiger partial charge in [-0.1, -0.05) is 40.9 Å². The predicted octanol–water partition coefficient (Wildman–Crippen LogP) is 1.82. The molecular weight excluding hydrogens is 499 g/mol. The Hall–Kier alpha value is -1.01. The fourth-order valence-corrected chi connectivity index (χ4v) is 5.31. The molecule has 0 radical (unpaired) electrons. The van der Waals surface area contributed by atoms with E-state index in [0.717, 1.165) is 16.6 Å². The molecular formula is C17H17Cl3N2O6S2. The van der Waals surface area contributed by atoms with Crippen molar-refractivity contribution in [1.82, 2.24) is 10.2 Å². The molecule has 3 heterocycles. The van der Waals surface area contributed by atoms with Crippen LogP contribution >= 0.6 is 57.9 Å². The lowest BCUT2D eigenvalue weighted by molar-refractivity contribution is -0.202. The van der Waals surface area contributed by atoms with Crippen LogP contribution in [0.4, 0.5) is 0 Å². The lowest BCUT2D eigenvalue weighted by Gasteiger charge is -2.57. The fourth-order valence-electron chi connectivity index (χ4n) is 3.14. The van der Waals surface area contributed by atoms with Gasteiger partial charge in [0.2, 0.25) is 9.70 Å². The maximum Gasteiger partial charge on any atom is 0.333 e. The first-order valence-electron chi connectivity index (χ1n) is 8.53. The first-order valence-corrected chi connectivity index (χ1v) is 11.5. The van der Waals surface area contributed by atoms with Gasteiger partial charge in [0.05, 0.1) is 13.0 Å². The quantitative estimate of drug-likeness (QED) is 0.247. The first-order chi connectivity index (χ1) is 14.1. The standard InChI is InChI=1S/C17H17Cl3N2O6S2/c1-27-17(21-11(24)5-10-3-2-4-29-10)14(26)22-12(9(6-23)7-30-15(17)22)13(25)28-8-16(18,19)20/h2-4,7,12,15,23H,5-6,8H2,1H3,(H,21,24)/t12?,15-,17?/m1/s1. The maximum atomic E-state index is 13.0. The SMILES string of the molecule is COC1(NC(=O)Cc2cccs2)C(=O)N2C(C(=O)OCC(Cl)(Cl)Cl)C(CO)=CS[C@@H]21. The Morgan fingerprint density at radius 3 is 2.70 bits per heavy atom. The number of carbonyl (C=O) groups excluding carboxylic acids is 3. The van der Waals surface area contributed by atoms with Crippen LogP contribution < -0.4 is 5.32 Å². The number of hydrogen-bond acceptors (Lipinski definition) is 8. The summed E-state index contributed by atoms with van der Waals surface area (Å²) < 4.78 is 8.60. The largest absolute Gasteiger partial charge is 0.459 e. The number of fused-ring (bicyclic) bond motifs is 1. The second kappa shape index (κ2) is 9.23. The third-order valence-corrected chi connectivity index (χ3v) is 6.94. The smallest absolute Gasteiger partial charge is 0.333 e. The zero-order chi connectivity index (χ0) is 22.1. The van der Waals surface area contributed by atoms with Gasteiger partial charge < -0.3 is 24.8 Å². The number of alkyl halides is 3. The molecule has 0 aromatic carbocycles. The van der Waals surface area contributed by atoms with E-state index in [-0.39, 0.29) is 12.0 Å². The summed E-state index contributed by atoms with van der Waals surface area (Å²) in [6, 6.07) is 2.40. The van der Waals surface area contributed by atoms with E-state index in [9.17, 15) is 19.5 Å². The van der Waals surface area contributed by atoms with Crippen molar-refractivity contribution in [3.05, 3.63) is 33.4 Å². The molecule has 3 rings (SSSR count). The van der Waals surface area contributed by atoms with Crippen molar-refractivity contribution in [3.63, 3.8) is 0 Å². The Morgan fingerprint density at radius 2 is 2.13 bits per heavy atom. The number of nitrogens with one attached hydrogen (secondary N) is 1. The number of halogens is 3. The van der Waals surface area contributed by atoms with Crippen molar-refractivity contribution in [1.29, 1.82) is 0 Å². The molecule has 1 fully saturated rings. The van der Waals surface area contributed by atoms with Crippen LogP contribution in [0.5, 0.6) is 0 Å². The predicted molar refractivity (Wildman–Crippen MR) is 114 cm³/mol. The van der Waals surface area contributed by atoms with Crippen LogP contribution in [0, 0.1) is 0 Å². The first kappa shape index (κ1) is 23.6. The summed E-state index contributed by atoms with van der Waals surface area (Å²) in [5.74, 6) is -1.91. The minimum absolute atomic E-state index is 0.0832. The molecule has 1 aromatic rings. The number of aliphatic hydroxyl groups is 1. The Kier molecular flexibility index (Phi) is 7.28. The number of thiophene rings is 1. The van der Waals surface area contributed by atoms with Gasteiger partial charge in [0, 0.05) is 12.0 Å². The highest BCUT2D eigenvalue weighted by atomic mass is 35.6. The van der Waals surface area contributed by atoms with Gasteiger partial charge in [-0.3, -0.25) is 9.59 Å². The van der Waals surface area contributed by atoms with E-state index in [1.807, 2.05) is 11.4 Å². The lowest BCUT2D eigenvalue weighted by atomic mass is 9.94. The van der Waals surface area contributed by atoms with Gasteiger partial charge in [0.1, 0.15) is 12.0 Å². The number of hydrogen-bond donors (Lipinski definition) is 2. The van der Waals surface area contributed by atoms with Crippen LogP contribution in [-0.2, 0) is 30.3 Å². The molecule has 2 aliphatic rings. The van der Waals surface area contributed by atoms with Crippen LogP contribution in [0.2, 0.25) is 0 Å². The summed E-state index contributed by atoms with van der Waals surface area (Å²) in [5, 5.41) is 14.9. The molecule has 1 aromatic heterocycles. The van der Waals surface area contributed by atoms with E-state index < -0.39 is 51.9 Å². The molecule has 8 nitrogen and oxygen atoms in total. The van der Waals surface area contributed by atoms with Gasteiger partial charge in [-0.05, 0) is 22.4 Å². The topological polar surface area (TPSA) is 105 Å². The van der Waals surface area contributed by atoms with Gasteiger partial charge >= 0.3 is 5.97 Å². The zero-order valence-corrected chi connectivity index (χ0v) is 19.4. The third kappa shape index (κ3) is 4.59. The second-order valence-electron chi connectivity index (χ2n) is 6.42. The highest BCUT2D eigenvalue weighted by molar-refractivity contribution is 8.03. The highest BCUT2D eigenvalue weighted by Gasteiger charge is 2.67. The number of amides is 2. The molecule has 3 atom stereocenters. The van der Waals surface area contributed by atoms with Crippen molar-refractivity contribution < 1.29 is 29.0 Å². The molecule has 0 saturated carbocycles. The van der Waals surface area contributed by atoms with Gasteiger partial charge in [-0.25, -0.2) is 4.79 Å². The number of ether oxygens (including phenoxy) is 2. The van der Waals surface area contributed by atoms with Gasteiger partial charge in [-0.15, -0.1) is 23.1 Å². The number of esters is 1. The van der Waals surface area contributed by atoms with Crippen molar-refractivity contribution in [2.45, 2.75) is 27.4 Å². The Labute approximate surface area is 195 Å². The molecule has 2 unspecified atom stereocenters. The van der Waals surface area contributed by atoms with E-state index >= 15 is 0 Å². The van der Waals surface area contributed by atoms with Crippen LogP contribution in [0.3, 0.4) is 0 Å². The maximum absolute atomic E-state index is 13.0. The lowest BCUT2D eigenvalue weighted by Crippen LogP contribution is -2.83. The van der Waals surface area contributed by atoms with Crippen LogP contribution in [0.1, 0.15) is 4.88 Å². The summed E-state index contributed by atoms with van der Waals surface area (Å²) in [6.45, 7) is -1.01. The highest BCUT2D eigenvalue weighted by Crippen LogP contribution is 2.46. The molecule has 1 saturated heterocycles. The van der Waals surface area contributed by atoms with Crippen LogP contribution in [-0.4, -0.2) is 69.0 Å². The number of methoxy groups -OCH3 is 1. The minimum Gasteiger partial charge on any atom is -0.459 e. The van der Waals surface area contributed by atoms with E-state index in [0.29, 0.717) is 0 Å². The van der Waals surface area contributed by atoms with Crippen LogP contribution in [0.15, 0.2) is 28.5 Å².